The van der Waals surface area contributed by atoms with Gasteiger partial charge in [0.05, 0.1) is 29.6 Å². The highest BCUT2D eigenvalue weighted by Gasteiger charge is 2.25. The molecule has 1 amide bonds. The maximum atomic E-state index is 11.7. The Kier molecular flexibility index (Phi) is 3.87. The number of aromatic nitrogens is 2. The first-order valence-electron chi connectivity index (χ1n) is 5.54. The van der Waals surface area contributed by atoms with E-state index in [1.807, 2.05) is 0 Å². The zero-order valence-electron chi connectivity index (χ0n) is 9.67. The van der Waals surface area contributed by atoms with Crippen LogP contribution in [0.1, 0.15) is 6.42 Å². The zero-order valence-corrected chi connectivity index (χ0v) is 10.5. The molecular formula is C10H14N4O3S. The van der Waals surface area contributed by atoms with E-state index in [1.165, 1.54) is 18.7 Å². The second kappa shape index (κ2) is 5.40. The van der Waals surface area contributed by atoms with E-state index >= 15 is 0 Å². The molecule has 0 saturated carbocycles. The Morgan fingerprint density at radius 3 is 2.83 bits per heavy atom. The molecular weight excluding hydrogens is 256 g/mol. The third-order valence-electron chi connectivity index (χ3n) is 2.58. The summed E-state index contributed by atoms with van der Waals surface area (Å²) in [7, 11) is -3.02. The Morgan fingerprint density at radius 2 is 2.17 bits per heavy atom. The Labute approximate surface area is 105 Å². The average Bonchev–Trinajstić information content (AvgIpc) is 2.28. The summed E-state index contributed by atoms with van der Waals surface area (Å²) in [6.45, 7) is 0.398. The van der Waals surface area contributed by atoms with Gasteiger partial charge in [0.25, 0.3) is 0 Å². The Morgan fingerprint density at radius 1 is 1.44 bits per heavy atom. The molecule has 1 saturated heterocycles. The standard InChI is InChI=1S/C10H14N4O3S/c15-10(14-9-4-11-7-12-5-9)3-8-6-18(16,17)2-1-13-8/h4-5,7-8,13H,1-3,6H2,(H,14,15). The summed E-state index contributed by atoms with van der Waals surface area (Å²) in [5.41, 5.74) is 0.501. The SMILES string of the molecule is O=C(CC1CS(=O)(=O)CCN1)Nc1cncnc1. The number of hydrogen-bond acceptors (Lipinski definition) is 6. The largest absolute Gasteiger partial charge is 0.323 e. The third kappa shape index (κ3) is 3.74. The number of carbonyl (C=O) groups excluding carboxylic acids is 1. The summed E-state index contributed by atoms with van der Waals surface area (Å²) in [4.78, 5) is 19.2. The van der Waals surface area contributed by atoms with Gasteiger partial charge in [0.1, 0.15) is 6.33 Å². The first kappa shape index (κ1) is 12.9. The van der Waals surface area contributed by atoms with Gasteiger partial charge in [-0.05, 0) is 0 Å². The second-order valence-electron chi connectivity index (χ2n) is 4.14. The molecule has 2 N–H and O–H groups in total. The minimum Gasteiger partial charge on any atom is -0.323 e. The van der Waals surface area contributed by atoms with Gasteiger partial charge in [-0.1, -0.05) is 0 Å². The monoisotopic (exact) mass is 270 g/mol. The molecule has 1 aliphatic heterocycles. The fourth-order valence-corrected chi connectivity index (χ4v) is 3.24. The van der Waals surface area contributed by atoms with Crippen molar-refractivity contribution >= 4 is 21.4 Å². The minimum absolute atomic E-state index is 0.00566. The van der Waals surface area contributed by atoms with Crippen LogP contribution in [0.15, 0.2) is 18.7 Å². The van der Waals surface area contributed by atoms with E-state index in [0.717, 1.165) is 0 Å². The summed E-state index contributed by atoms with van der Waals surface area (Å²) in [6.07, 6.45) is 4.45. The molecule has 1 fully saturated rings. The van der Waals surface area contributed by atoms with Crippen molar-refractivity contribution in [1.82, 2.24) is 15.3 Å². The highest BCUT2D eigenvalue weighted by molar-refractivity contribution is 7.91. The van der Waals surface area contributed by atoms with Gasteiger partial charge in [0.2, 0.25) is 5.91 Å². The number of amides is 1. The van der Waals surface area contributed by atoms with Crippen molar-refractivity contribution < 1.29 is 13.2 Å². The number of nitrogens with zero attached hydrogens (tertiary/aromatic N) is 2. The quantitative estimate of drug-likeness (QED) is 0.745. The Bertz CT molecular complexity index is 517. The lowest BCUT2D eigenvalue weighted by Crippen LogP contribution is -2.46. The van der Waals surface area contributed by atoms with Crippen LogP contribution in [-0.4, -0.2) is 48.4 Å². The van der Waals surface area contributed by atoms with Crippen LogP contribution >= 0.6 is 0 Å². The maximum absolute atomic E-state index is 11.7. The van der Waals surface area contributed by atoms with Crippen molar-refractivity contribution in [3.05, 3.63) is 18.7 Å². The van der Waals surface area contributed by atoms with Crippen LogP contribution in [0.2, 0.25) is 0 Å². The van der Waals surface area contributed by atoms with Crippen LogP contribution in [0.25, 0.3) is 0 Å². The molecule has 1 unspecified atom stereocenters. The molecule has 0 aromatic carbocycles. The predicted octanol–water partition coefficient (Wildman–Crippen LogP) is -0.808. The molecule has 7 nitrogen and oxygen atoms in total. The van der Waals surface area contributed by atoms with E-state index in [4.69, 9.17) is 0 Å². The molecule has 0 bridgehead atoms. The Hall–Kier alpha value is -1.54. The van der Waals surface area contributed by atoms with E-state index in [9.17, 15) is 13.2 Å². The normalized spacial score (nSPS) is 22.3. The highest BCUT2D eigenvalue weighted by atomic mass is 32.2. The lowest BCUT2D eigenvalue weighted by molar-refractivity contribution is -0.116. The molecule has 1 aromatic rings. The fourth-order valence-electron chi connectivity index (χ4n) is 1.80. The summed E-state index contributed by atoms with van der Waals surface area (Å²) < 4.78 is 22.8. The highest BCUT2D eigenvalue weighted by Crippen LogP contribution is 2.07. The molecule has 0 spiro atoms. The minimum atomic E-state index is -3.02. The van der Waals surface area contributed by atoms with Gasteiger partial charge in [-0.3, -0.25) is 4.79 Å². The van der Waals surface area contributed by atoms with E-state index in [-0.39, 0.29) is 29.9 Å². The molecule has 2 heterocycles. The summed E-state index contributed by atoms with van der Waals surface area (Å²) in [5.74, 6) is -0.108. The van der Waals surface area contributed by atoms with Gasteiger partial charge < -0.3 is 10.6 Å². The van der Waals surface area contributed by atoms with Crippen LogP contribution < -0.4 is 10.6 Å². The van der Waals surface area contributed by atoms with Gasteiger partial charge in [-0.25, -0.2) is 18.4 Å². The van der Waals surface area contributed by atoms with Gasteiger partial charge >= 0.3 is 0 Å². The number of rotatable bonds is 3. The second-order valence-corrected chi connectivity index (χ2v) is 6.37. The van der Waals surface area contributed by atoms with E-state index in [0.29, 0.717) is 12.2 Å². The number of anilines is 1. The van der Waals surface area contributed by atoms with Crippen LogP contribution in [0.5, 0.6) is 0 Å². The summed E-state index contributed by atoms with van der Waals surface area (Å²) >= 11 is 0. The predicted molar refractivity (Wildman–Crippen MR) is 65.7 cm³/mol. The van der Waals surface area contributed by atoms with Crippen LogP contribution in [0.3, 0.4) is 0 Å². The van der Waals surface area contributed by atoms with Gasteiger partial charge in [0.15, 0.2) is 9.84 Å². The van der Waals surface area contributed by atoms with Crippen LogP contribution in [0, 0.1) is 0 Å². The summed E-state index contributed by atoms with van der Waals surface area (Å²) in [6, 6.07) is -0.326. The molecule has 98 valence electrons. The third-order valence-corrected chi connectivity index (χ3v) is 4.31. The maximum Gasteiger partial charge on any atom is 0.226 e. The molecule has 1 aliphatic rings. The number of hydrogen-bond donors (Lipinski definition) is 2. The molecule has 2 rings (SSSR count). The van der Waals surface area contributed by atoms with E-state index < -0.39 is 9.84 Å². The van der Waals surface area contributed by atoms with Crippen LogP contribution in [-0.2, 0) is 14.6 Å². The molecule has 0 aliphatic carbocycles. The van der Waals surface area contributed by atoms with Gasteiger partial charge in [0, 0.05) is 19.0 Å². The van der Waals surface area contributed by atoms with Gasteiger partial charge in [-0.2, -0.15) is 0 Å². The van der Waals surface area contributed by atoms with Crippen molar-refractivity contribution in [2.45, 2.75) is 12.5 Å². The smallest absolute Gasteiger partial charge is 0.226 e. The van der Waals surface area contributed by atoms with Crippen molar-refractivity contribution in [2.75, 3.05) is 23.4 Å². The first-order chi connectivity index (χ1) is 8.55. The lowest BCUT2D eigenvalue weighted by Gasteiger charge is -2.22. The lowest BCUT2D eigenvalue weighted by atomic mass is 10.2. The molecule has 1 atom stereocenters. The van der Waals surface area contributed by atoms with Gasteiger partial charge in [-0.15, -0.1) is 0 Å². The first-order valence-corrected chi connectivity index (χ1v) is 7.36. The molecule has 1 aromatic heterocycles. The van der Waals surface area contributed by atoms with Crippen molar-refractivity contribution in [3.8, 4) is 0 Å². The number of nitrogens with one attached hydrogen (secondary N) is 2. The summed E-state index contributed by atoms with van der Waals surface area (Å²) in [5, 5.41) is 5.64. The van der Waals surface area contributed by atoms with Crippen LogP contribution in [0.4, 0.5) is 5.69 Å². The van der Waals surface area contributed by atoms with E-state index in [1.54, 1.807) is 0 Å². The van der Waals surface area contributed by atoms with Crippen molar-refractivity contribution in [1.29, 1.82) is 0 Å². The molecule has 8 heteroatoms. The Balaban J connectivity index is 1.88. The number of sulfone groups is 1. The molecule has 18 heavy (non-hydrogen) atoms. The average molecular weight is 270 g/mol. The van der Waals surface area contributed by atoms with Crippen molar-refractivity contribution in [2.24, 2.45) is 0 Å². The fraction of sp³-hybridized carbons (Fsp3) is 0.500. The molecule has 0 radical (unpaired) electrons. The van der Waals surface area contributed by atoms with Crippen molar-refractivity contribution in [3.63, 3.8) is 0 Å². The topological polar surface area (TPSA) is 101 Å². The zero-order chi connectivity index (χ0) is 13.0. The number of carbonyl (C=O) groups is 1. The van der Waals surface area contributed by atoms with E-state index in [2.05, 4.69) is 20.6 Å².